The van der Waals surface area contributed by atoms with Crippen LogP contribution in [0.5, 0.6) is 0 Å². The van der Waals surface area contributed by atoms with Crippen molar-refractivity contribution in [2.24, 2.45) is 5.92 Å². The summed E-state index contributed by atoms with van der Waals surface area (Å²) < 4.78 is 2.37. The van der Waals surface area contributed by atoms with Gasteiger partial charge < -0.3 is 9.88 Å². The highest BCUT2D eigenvalue weighted by atomic mass is 15.0. The molecule has 0 unspecified atom stereocenters. The molecule has 0 amide bonds. The summed E-state index contributed by atoms with van der Waals surface area (Å²) in [6, 6.07) is 4.91. The summed E-state index contributed by atoms with van der Waals surface area (Å²) in [4.78, 5) is 0. The second-order valence-electron chi connectivity index (χ2n) is 5.26. The summed E-state index contributed by atoms with van der Waals surface area (Å²) in [5, 5.41) is 3.47. The minimum Gasteiger partial charge on any atom is -0.350 e. The normalized spacial score (nSPS) is 11.6. The molecular weight excluding hydrogens is 196 g/mol. The molecule has 1 rings (SSSR count). The van der Waals surface area contributed by atoms with Gasteiger partial charge in [-0.25, -0.2) is 0 Å². The van der Waals surface area contributed by atoms with Crippen molar-refractivity contribution in [2.45, 2.75) is 59.7 Å². The molecule has 92 valence electrons. The predicted octanol–water partition coefficient (Wildman–Crippen LogP) is 3.42. The van der Waals surface area contributed by atoms with Gasteiger partial charge in [0.2, 0.25) is 0 Å². The van der Waals surface area contributed by atoms with Gasteiger partial charge in [-0.15, -0.1) is 0 Å². The number of nitrogens with zero attached hydrogens (tertiary/aromatic N) is 1. The number of hydrogen-bond acceptors (Lipinski definition) is 1. The van der Waals surface area contributed by atoms with Crippen LogP contribution in [-0.2, 0) is 13.1 Å². The summed E-state index contributed by atoms with van der Waals surface area (Å²) in [6.07, 6.45) is 4.79. The lowest BCUT2D eigenvalue weighted by Crippen LogP contribution is -2.23. The van der Waals surface area contributed by atoms with E-state index in [2.05, 4.69) is 55.9 Å². The van der Waals surface area contributed by atoms with E-state index in [4.69, 9.17) is 0 Å². The average Bonchev–Trinajstić information content (AvgIpc) is 2.62. The number of aryl methyl sites for hydroxylation is 1. The van der Waals surface area contributed by atoms with Crippen molar-refractivity contribution in [1.82, 2.24) is 9.88 Å². The first kappa shape index (κ1) is 13.3. The third kappa shape index (κ3) is 4.84. The molecule has 0 bridgehead atoms. The molecule has 0 aliphatic carbocycles. The molecule has 0 fully saturated rings. The molecule has 0 spiro atoms. The molecule has 16 heavy (non-hydrogen) atoms. The van der Waals surface area contributed by atoms with Crippen molar-refractivity contribution < 1.29 is 0 Å². The zero-order valence-electron chi connectivity index (χ0n) is 11.2. The van der Waals surface area contributed by atoms with Crippen molar-refractivity contribution >= 4 is 0 Å². The van der Waals surface area contributed by atoms with E-state index in [-0.39, 0.29) is 0 Å². The van der Waals surface area contributed by atoms with Crippen molar-refractivity contribution in [1.29, 1.82) is 0 Å². The Morgan fingerprint density at radius 3 is 2.62 bits per heavy atom. The zero-order valence-corrected chi connectivity index (χ0v) is 11.2. The SMILES string of the molecule is CC(C)CCCn1cccc1CNC(C)C. The molecule has 0 saturated carbocycles. The largest absolute Gasteiger partial charge is 0.350 e. The van der Waals surface area contributed by atoms with Crippen LogP contribution in [0.4, 0.5) is 0 Å². The smallest absolute Gasteiger partial charge is 0.0361 e. The first-order valence-corrected chi connectivity index (χ1v) is 6.47. The first-order chi connectivity index (χ1) is 7.59. The van der Waals surface area contributed by atoms with Gasteiger partial charge in [0.05, 0.1) is 0 Å². The molecule has 0 aromatic carbocycles. The summed E-state index contributed by atoms with van der Waals surface area (Å²) >= 11 is 0. The van der Waals surface area contributed by atoms with Gasteiger partial charge in [0.1, 0.15) is 0 Å². The minimum atomic E-state index is 0.555. The first-order valence-electron chi connectivity index (χ1n) is 6.47. The zero-order chi connectivity index (χ0) is 12.0. The van der Waals surface area contributed by atoms with E-state index < -0.39 is 0 Å². The predicted molar refractivity (Wildman–Crippen MR) is 70.5 cm³/mol. The second kappa shape index (κ2) is 6.74. The third-order valence-corrected chi connectivity index (χ3v) is 2.80. The maximum Gasteiger partial charge on any atom is 0.0361 e. The number of nitrogens with one attached hydrogen (secondary N) is 1. The molecule has 0 radical (unpaired) electrons. The molecule has 0 aliphatic heterocycles. The van der Waals surface area contributed by atoms with Gasteiger partial charge in [-0.2, -0.15) is 0 Å². The fourth-order valence-corrected chi connectivity index (χ4v) is 1.81. The molecule has 0 aliphatic rings. The van der Waals surface area contributed by atoms with Crippen molar-refractivity contribution in [2.75, 3.05) is 0 Å². The Morgan fingerprint density at radius 2 is 2.00 bits per heavy atom. The van der Waals surface area contributed by atoms with Crippen molar-refractivity contribution in [3.05, 3.63) is 24.0 Å². The van der Waals surface area contributed by atoms with Crippen LogP contribution < -0.4 is 5.32 Å². The van der Waals surface area contributed by atoms with Gasteiger partial charge in [0.15, 0.2) is 0 Å². The van der Waals surface area contributed by atoms with Gasteiger partial charge in [-0.3, -0.25) is 0 Å². The molecule has 0 atom stereocenters. The molecule has 2 heteroatoms. The maximum absolute atomic E-state index is 3.47. The van der Waals surface area contributed by atoms with Gasteiger partial charge in [-0.1, -0.05) is 27.7 Å². The molecule has 2 nitrogen and oxygen atoms in total. The van der Waals surface area contributed by atoms with Crippen LogP contribution in [0, 0.1) is 5.92 Å². The summed E-state index contributed by atoms with van der Waals surface area (Å²) in [5.74, 6) is 0.813. The number of rotatable bonds is 7. The third-order valence-electron chi connectivity index (χ3n) is 2.80. The number of aromatic nitrogens is 1. The van der Waals surface area contributed by atoms with E-state index in [1.165, 1.54) is 18.5 Å². The molecular formula is C14H26N2. The molecule has 1 aromatic rings. The molecule has 1 heterocycles. The monoisotopic (exact) mass is 222 g/mol. The Balaban J connectivity index is 2.38. The summed E-state index contributed by atoms with van der Waals surface area (Å²) in [6.45, 7) is 11.1. The van der Waals surface area contributed by atoms with E-state index in [1.807, 2.05) is 0 Å². The highest BCUT2D eigenvalue weighted by molar-refractivity contribution is 5.06. The van der Waals surface area contributed by atoms with E-state index in [9.17, 15) is 0 Å². The average molecular weight is 222 g/mol. The maximum atomic E-state index is 3.47. The lowest BCUT2D eigenvalue weighted by Gasteiger charge is -2.12. The highest BCUT2D eigenvalue weighted by Crippen LogP contribution is 2.08. The summed E-state index contributed by atoms with van der Waals surface area (Å²) in [7, 11) is 0. The molecule has 1 aromatic heterocycles. The lowest BCUT2D eigenvalue weighted by molar-refractivity contribution is 0.495. The van der Waals surface area contributed by atoms with Crippen molar-refractivity contribution in [3.63, 3.8) is 0 Å². The fraction of sp³-hybridized carbons (Fsp3) is 0.714. The number of hydrogen-bond donors (Lipinski definition) is 1. The van der Waals surface area contributed by atoms with Gasteiger partial charge in [-0.05, 0) is 30.9 Å². The van der Waals surface area contributed by atoms with Crippen LogP contribution in [0.3, 0.4) is 0 Å². The summed E-state index contributed by atoms with van der Waals surface area (Å²) in [5.41, 5.74) is 1.40. The quantitative estimate of drug-likeness (QED) is 0.748. The van der Waals surface area contributed by atoms with Crippen LogP contribution >= 0.6 is 0 Å². The van der Waals surface area contributed by atoms with E-state index in [0.29, 0.717) is 6.04 Å². The van der Waals surface area contributed by atoms with Crippen LogP contribution in [0.15, 0.2) is 18.3 Å². The lowest BCUT2D eigenvalue weighted by atomic mass is 10.1. The topological polar surface area (TPSA) is 17.0 Å². The second-order valence-corrected chi connectivity index (χ2v) is 5.26. The minimum absolute atomic E-state index is 0.555. The van der Waals surface area contributed by atoms with Crippen LogP contribution in [0.25, 0.3) is 0 Å². The Morgan fingerprint density at radius 1 is 1.25 bits per heavy atom. The Bertz CT molecular complexity index is 287. The van der Waals surface area contributed by atoms with Gasteiger partial charge in [0, 0.05) is 31.0 Å². The Hall–Kier alpha value is -0.760. The Labute approximate surface area is 100 Å². The van der Waals surface area contributed by atoms with Crippen molar-refractivity contribution in [3.8, 4) is 0 Å². The van der Waals surface area contributed by atoms with Gasteiger partial charge in [0.25, 0.3) is 0 Å². The highest BCUT2D eigenvalue weighted by Gasteiger charge is 2.02. The van der Waals surface area contributed by atoms with Crippen LogP contribution in [0.2, 0.25) is 0 Å². The van der Waals surface area contributed by atoms with Crippen LogP contribution in [0.1, 0.15) is 46.2 Å². The Kier molecular flexibility index (Phi) is 5.61. The van der Waals surface area contributed by atoms with E-state index in [0.717, 1.165) is 19.0 Å². The standard InChI is InChI=1S/C14H26N2/c1-12(2)7-5-9-16-10-6-8-14(16)11-15-13(3)4/h6,8,10,12-13,15H,5,7,9,11H2,1-4H3. The van der Waals surface area contributed by atoms with E-state index >= 15 is 0 Å². The molecule has 1 N–H and O–H groups in total. The van der Waals surface area contributed by atoms with Gasteiger partial charge >= 0.3 is 0 Å². The van der Waals surface area contributed by atoms with E-state index in [1.54, 1.807) is 0 Å². The molecule has 0 saturated heterocycles. The van der Waals surface area contributed by atoms with Crippen LogP contribution in [-0.4, -0.2) is 10.6 Å². The fourth-order valence-electron chi connectivity index (χ4n) is 1.81.